The molecule has 1 saturated heterocycles. The van der Waals surface area contributed by atoms with Crippen molar-refractivity contribution in [3.63, 3.8) is 0 Å². The van der Waals surface area contributed by atoms with Gasteiger partial charge in [0, 0.05) is 24.8 Å². The molecular weight excluding hydrogens is 278 g/mol. The molecule has 0 aliphatic carbocycles. The monoisotopic (exact) mass is 295 g/mol. The molecule has 22 heavy (non-hydrogen) atoms. The highest BCUT2D eigenvalue weighted by Crippen LogP contribution is 2.26. The van der Waals surface area contributed by atoms with Crippen molar-refractivity contribution in [3.8, 4) is 0 Å². The first-order valence-electron chi connectivity index (χ1n) is 7.21. The molecule has 0 bridgehead atoms. The number of carbonyl (C=O) groups is 2. The summed E-state index contributed by atoms with van der Waals surface area (Å²) in [6.45, 7) is 2.41. The molecule has 1 aromatic heterocycles. The zero-order valence-electron chi connectivity index (χ0n) is 12.3. The fourth-order valence-electron chi connectivity index (χ4n) is 2.54. The van der Waals surface area contributed by atoms with E-state index in [1.165, 1.54) is 0 Å². The van der Waals surface area contributed by atoms with Crippen LogP contribution in [0, 0.1) is 12.8 Å². The second-order valence-corrected chi connectivity index (χ2v) is 5.47. The summed E-state index contributed by atoms with van der Waals surface area (Å²) >= 11 is 0. The molecule has 112 valence electrons. The van der Waals surface area contributed by atoms with Gasteiger partial charge in [0.25, 0.3) is 0 Å². The summed E-state index contributed by atoms with van der Waals surface area (Å²) in [6.07, 6.45) is 3.47. The zero-order valence-corrected chi connectivity index (χ0v) is 12.3. The molecule has 2 amide bonds. The van der Waals surface area contributed by atoms with Crippen LogP contribution in [0.3, 0.4) is 0 Å². The van der Waals surface area contributed by atoms with Gasteiger partial charge in [-0.2, -0.15) is 0 Å². The van der Waals surface area contributed by atoms with E-state index in [0.29, 0.717) is 12.2 Å². The number of hydrogen-bond acceptors (Lipinski definition) is 3. The number of pyridine rings is 1. The normalized spacial score (nSPS) is 17.6. The van der Waals surface area contributed by atoms with Gasteiger partial charge in [0.1, 0.15) is 0 Å². The van der Waals surface area contributed by atoms with Crippen LogP contribution in [0.5, 0.6) is 0 Å². The summed E-state index contributed by atoms with van der Waals surface area (Å²) in [5.74, 6) is -0.500. The number of nitrogens with one attached hydrogen (secondary N) is 1. The Morgan fingerprint density at radius 1 is 1.27 bits per heavy atom. The van der Waals surface area contributed by atoms with Gasteiger partial charge in [0.05, 0.1) is 17.8 Å². The number of aryl methyl sites for hydroxylation is 1. The number of rotatable bonds is 3. The van der Waals surface area contributed by atoms with Crippen LogP contribution in [-0.2, 0) is 9.59 Å². The van der Waals surface area contributed by atoms with E-state index in [0.717, 1.165) is 11.3 Å². The summed E-state index contributed by atoms with van der Waals surface area (Å²) in [4.78, 5) is 30.1. The fourth-order valence-corrected chi connectivity index (χ4v) is 2.54. The van der Waals surface area contributed by atoms with Crippen molar-refractivity contribution >= 4 is 23.2 Å². The van der Waals surface area contributed by atoms with E-state index >= 15 is 0 Å². The van der Waals surface area contributed by atoms with E-state index in [2.05, 4.69) is 10.3 Å². The molecule has 2 aromatic rings. The van der Waals surface area contributed by atoms with Gasteiger partial charge in [-0.1, -0.05) is 17.7 Å². The number of benzene rings is 1. The Kier molecular flexibility index (Phi) is 3.87. The standard InChI is InChI=1S/C17H17N3O2/c1-12-4-6-15(7-5-12)20-11-13(9-16(20)21)17(22)19-14-3-2-8-18-10-14/h2-8,10,13H,9,11H2,1H3,(H,19,22)/t13-/m1/s1. The van der Waals surface area contributed by atoms with Crippen molar-refractivity contribution in [1.82, 2.24) is 4.98 Å². The molecule has 0 unspecified atom stereocenters. The average Bonchev–Trinajstić information content (AvgIpc) is 2.91. The van der Waals surface area contributed by atoms with Crippen LogP contribution in [-0.4, -0.2) is 23.3 Å². The number of hydrogen-bond donors (Lipinski definition) is 1. The lowest BCUT2D eigenvalue weighted by Gasteiger charge is -2.17. The van der Waals surface area contributed by atoms with Gasteiger partial charge in [-0.15, -0.1) is 0 Å². The summed E-state index contributed by atoms with van der Waals surface area (Å²) in [6, 6.07) is 11.3. The minimum atomic E-state index is -0.339. The summed E-state index contributed by atoms with van der Waals surface area (Å²) in [5.41, 5.74) is 2.63. The van der Waals surface area contributed by atoms with Crippen LogP contribution < -0.4 is 10.2 Å². The maximum Gasteiger partial charge on any atom is 0.229 e. The predicted molar refractivity (Wildman–Crippen MR) is 84.5 cm³/mol. The number of anilines is 2. The maximum absolute atomic E-state index is 12.3. The van der Waals surface area contributed by atoms with Gasteiger partial charge in [-0.3, -0.25) is 14.6 Å². The Balaban J connectivity index is 1.69. The maximum atomic E-state index is 12.3. The molecule has 1 fully saturated rings. The van der Waals surface area contributed by atoms with Crippen molar-refractivity contribution in [3.05, 3.63) is 54.4 Å². The zero-order chi connectivity index (χ0) is 15.5. The van der Waals surface area contributed by atoms with E-state index in [1.54, 1.807) is 29.4 Å². The van der Waals surface area contributed by atoms with Crippen LogP contribution in [0.1, 0.15) is 12.0 Å². The summed E-state index contributed by atoms with van der Waals surface area (Å²) in [5, 5.41) is 2.81. The third kappa shape index (κ3) is 2.98. The Morgan fingerprint density at radius 3 is 2.73 bits per heavy atom. The van der Waals surface area contributed by atoms with Gasteiger partial charge >= 0.3 is 0 Å². The highest BCUT2D eigenvalue weighted by atomic mass is 16.2. The van der Waals surface area contributed by atoms with Crippen molar-refractivity contribution in [1.29, 1.82) is 0 Å². The summed E-state index contributed by atoms with van der Waals surface area (Å²) < 4.78 is 0. The van der Waals surface area contributed by atoms with E-state index in [4.69, 9.17) is 0 Å². The molecule has 1 atom stereocenters. The van der Waals surface area contributed by atoms with E-state index < -0.39 is 0 Å². The number of amides is 2. The highest BCUT2D eigenvalue weighted by molar-refractivity contribution is 6.03. The lowest BCUT2D eigenvalue weighted by atomic mass is 10.1. The van der Waals surface area contributed by atoms with Crippen LogP contribution in [0.25, 0.3) is 0 Å². The molecule has 3 rings (SSSR count). The Hall–Kier alpha value is -2.69. The van der Waals surface area contributed by atoms with Gasteiger partial charge in [-0.05, 0) is 31.2 Å². The molecule has 0 radical (unpaired) electrons. The molecule has 1 aliphatic heterocycles. The van der Waals surface area contributed by atoms with Gasteiger partial charge in [0.2, 0.25) is 11.8 Å². The first-order chi connectivity index (χ1) is 10.6. The molecule has 0 saturated carbocycles. The second-order valence-electron chi connectivity index (χ2n) is 5.47. The van der Waals surface area contributed by atoms with Crippen LogP contribution in [0.2, 0.25) is 0 Å². The van der Waals surface area contributed by atoms with Crippen molar-refractivity contribution in [2.75, 3.05) is 16.8 Å². The third-order valence-corrected chi connectivity index (χ3v) is 3.77. The van der Waals surface area contributed by atoms with E-state index in [9.17, 15) is 9.59 Å². The van der Waals surface area contributed by atoms with Crippen LogP contribution in [0.15, 0.2) is 48.8 Å². The lowest BCUT2D eigenvalue weighted by molar-refractivity contribution is -0.122. The minimum Gasteiger partial charge on any atom is -0.324 e. The molecule has 1 aliphatic rings. The minimum absolute atomic E-state index is 0.0183. The second kappa shape index (κ2) is 5.97. The smallest absolute Gasteiger partial charge is 0.229 e. The topological polar surface area (TPSA) is 62.3 Å². The SMILES string of the molecule is Cc1ccc(N2C[C@H](C(=O)Nc3cccnc3)CC2=O)cc1. The Morgan fingerprint density at radius 2 is 2.05 bits per heavy atom. The largest absolute Gasteiger partial charge is 0.324 e. The Labute approximate surface area is 129 Å². The predicted octanol–water partition coefficient (Wildman–Crippen LogP) is 2.38. The van der Waals surface area contributed by atoms with Crippen LogP contribution >= 0.6 is 0 Å². The summed E-state index contributed by atoms with van der Waals surface area (Å²) in [7, 11) is 0. The van der Waals surface area contributed by atoms with Crippen molar-refractivity contribution in [2.24, 2.45) is 5.92 Å². The molecule has 1 aromatic carbocycles. The Bertz CT molecular complexity index is 683. The molecule has 0 spiro atoms. The highest BCUT2D eigenvalue weighted by Gasteiger charge is 2.35. The molecule has 5 heteroatoms. The lowest BCUT2D eigenvalue weighted by Crippen LogP contribution is -2.28. The number of carbonyl (C=O) groups excluding carboxylic acids is 2. The van der Waals surface area contributed by atoms with E-state index in [1.807, 2.05) is 31.2 Å². The van der Waals surface area contributed by atoms with Gasteiger partial charge in [0.15, 0.2) is 0 Å². The van der Waals surface area contributed by atoms with E-state index in [-0.39, 0.29) is 24.2 Å². The van der Waals surface area contributed by atoms with Crippen LogP contribution in [0.4, 0.5) is 11.4 Å². The molecule has 2 heterocycles. The third-order valence-electron chi connectivity index (χ3n) is 3.77. The molecular formula is C17H17N3O2. The first-order valence-corrected chi connectivity index (χ1v) is 7.21. The average molecular weight is 295 g/mol. The molecule has 1 N–H and O–H groups in total. The fraction of sp³-hybridized carbons (Fsp3) is 0.235. The quantitative estimate of drug-likeness (QED) is 0.945. The van der Waals surface area contributed by atoms with Gasteiger partial charge in [-0.25, -0.2) is 0 Å². The van der Waals surface area contributed by atoms with Gasteiger partial charge < -0.3 is 10.2 Å². The first kappa shape index (κ1) is 14.3. The number of aromatic nitrogens is 1. The molecule has 5 nitrogen and oxygen atoms in total. The van der Waals surface area contributed by atoms with Crippen molar-refractivity contribution in [2.45, 2.75) is 13.3 Å². The number of nitrogens with zero attached hydrogens (tertiary/aromatic N) is 2. The van der Waals surface area contributed by atoms with Crippen molar-refractivity contribution < 1.29 is 9.59 Å².